The number of amides is 4. The van der Waals surface area contributed by atoms with Crippen LogP contribution in [0.5, 0.6) is 0 Å². The summed E-state index contributed by atoms with van der Waals surface area (Å²) in [5, 5.41) is 1.61. The van der Waals surface area contributed by atoms with Gasteiger partial charge in [-0.05, 0) is 30.3 Å². The topological polar surface area (TPSA) is 134 Å². The van der Waals surface area contributed by atoms with Crippen molar-refractivity contribution in [3.05, 3.63) is 68.7 Å². The highest BCUT2D eigenvalue weighted by Gasteiger charge is 2.37. The summed E-state index contributed by atoms with van der Waals surface area (Å²) in [5.74, 6) is -4.35. The number of hydrogen-bond donors (Lipinski definition) is 3. The molecule has 4 amide bonds. The van der Waals surface area contributed by atoms with Gasteiger partial charge < -0.3 is 4.74 Å². The summed E-state index contributed by atoms with van der Waals surface area (Å²) >= 11 is 17.7. The molecule has 2 aromatic rings. The van der Waals surface area contributed by atoms with Crippen LogP contribution in [0.2, 0.25) is 15.1 Å². The minimum atomic E-state index is -0.904. The third-order valence-corrected chi connectivity index (χ3v) is 5.53. The number of benzene rings is 2. The average molecular weight is 528 g/mol. The summed E-state index contributed by atoms with van der Waals surface area (Å²) in [6.07, 6.45) is -0.224. The Labute approximate surface area is 208 Å². The standard InChI is InChI=1S/C21H17Cl3N4O6/c22-12-5-6-14(16(24)8-12)20(32)27-28-9-11(7-18(28)30)21(33)34-10-17(29)25-26-19(31)13-3-1-2-4-15(13)23/h1-6,8,11H,7,9-10H2,(H,25,29)(H,26,31)(H,27,32)/t11-/m0/s1. The van der Waals surface area contributed by atoms with Gasteiger partial charge >= 0.3 is 5.97 Å². The second kappa shape index (κ2) is 11.2. The summed E-state index contributed by atoms with van der Waals surface area (Å²) in [6, 6.07) is 10.5. The number of rotatable bonds is 6. The molecule has 0 unspecified atom stereocenters. The molecular weight excluding hydrogens is 511 g/mol. The average Bonchev–Trinajstić information content (AvgIpc) is 3.16. The lowest BCUT2D eigenvalue weighted by Crippen LogP contribution is -2.44. The van der Waals surface area contributed by atoms with Crippen LogP contribution in [0.15, 0.2) is 42.5 Å². The van der Waals surface area contributed by atoms with Crippen LogP contribution in [0.1, 0.15) is 27.1 Å². The molecule has 10 nitrogen and oxygen atoms in total. The molecule has 2 aromatic carbocycles. The number of halogens is 3. The van der Waals surface area contributed by atoms with E-state index in [2.05, 4.69) is 16.3 Å². The van der Waals surface area contributed by atoms with Crippen molar-refractivity contribution < 1.29 is 28.7 Å². The third-order valence-electron chi connectivity index (χ3n) is 4.65. The fourth-order valence-electron chi connectivity index (χ4n) is 2.96. The Kier molecular flexibility index (Phi) is 8.32. The van der Waals surface area contributed by atoms with E-state index in [1.54, 1.807) is 12.1 Å². The molecule has 3 rings (SSSR count). The maximum atomic E-state index is 12.4. The van der Waals surface area contributed by atoms with Gasteiger partial charge in [0.2, 0.25) is 5.91 Å². The van der Waals surface area contributed by atoms with Gasteiger partial charge in [0.1, 0.15) is 0 Å². The van der Waals surface area contributed by atoms with E-state index in [9.17, 15) is 24.0 Å². The van der Waals surface area contributed by atoms with Gasteiger partial charge in [0.15, 0.2) is 6.61 Å². The van der Waals surface area contributed by atoms with Crippen LogP contribution >= 0.6 is 34.8 Å². The fourth-order valence-corrected chi connectivity index (χ4v) is 3.68. The number of hydrogen-bond acceptors (Lipinski definition) is 6. The van der Waals surface area contributed by atoms with Gasteiger partial charge in [0, 0.05) is 11.4 Å². The highest BCUT2D eigenvalue weighted by Crippen LogP contribution is 2.22. The first-order valence-corrected chi connectivity index (χ1v) is 10.9. The largest absolute Gasteiger partial charge is 0.455 e. The summed E-state index contributed by atoms with van der Waals surface area (Å²) in [7, 11) is 0. The zero-order valence-corrected chi connectivity index (χ0v) is 19.5. The van der Waals surface area contributed by atoms with Gasteiger partial charge in [0.25, 0.3) is 17.7 Å². The van der Waals surface area contributed by atoms with Crippen molar-refractivity contribution in [1.82, 2.24) is 21.3 Å². The molecule has 0 saturated carbocycles. The van der Waals surface area contributed by atoms with Crippen molar-refractivity contribution in [3.63, 3.8) is 0 Å². The molecule has 13 heteroatoms. The van der Waals surface area contributed by atoms with Crippen molar-refractivity contribution in [2.45, 2.75) is 6.42 Å². The third kappa shape index (κ3) is 6.37. The predicted octanol–water partition coefficient (Wildman–Crippen LogP) is 2.14. The number of ether oxygens (including phenoxy) is 1. The van der Waals surface area contributed by atoms with Gasteiger partial charge in [-0.2, -0.15) is 0 Å². The zero-order chi connectivity index (χ0) is 24.8. The SMILES string of the molecule is O=C(COC(=O)[C@H]1CC(=O)N(NC(=O)c2ccc(Cl)cc2Cl)C1)NNC(=O)c1ccccc1Cl. The highest BCUT2D eigenvalue weighted by molar-refractivity contribution is 6.36. The molecule has 1 aliphatic rings. The zero-order valence-electron chi connectivity index (χ0n) is 17.3. The number of nitrogens with zero attached hydrogens (tertiary/aromatic N) is 1. The van der Waals surface area contributed by atoms with E-state index in [0.717, 1.165) is 5.01 Å². The molecule has 1 fully saturated rings. The molecule has 1 atom stereocenters. The van der Waals surface area contributed by atoms with E-state index in [0.29, 0.717) is 5.02 Å². The Morgan fingerprint density at radius 1 is 0.941 bits per heavy atom. The van der Waals surface area contributed by atoms with E-state index in [1.807, 2.05) is 0 Å². The fraction of sp³-hybridized carbons (Fsp3) is 0.190. The van der Waals surface area contributed by atoms with Crippen LogP contribution in [0, 0.1) is 5.92 Å². The normalized spacial score (nSPS) is 15.0. The lowest BCUT2D eigenvalue weighted by Gasteiger charge is -2.18. The van der Waals surface area contributed by atoms with Crippen molar-refractivity contribution in [3.8, 4) is 0 Å². The molecular formula is C21H17Cl3N4O6. The van der Waals surface area contributed by atoms with Crippen LogP contribution < -0.4 is 16.3 Å². The Morgan fingerprint density at radius 2 is 1.65 bits per heavy atom. The van der Waals surface area contributed by atoms with Crippen LogP contribution in [0.3, 0.4) is 0 Å². The van der Waals surface area contributed by atoms with Gasteiger partial charge in [-0.25, -0.2) is 0 Å². The second-order valence-corrected chi connectivity index (χ2v) is 8.31. The lowest BCUT2D eigenvalue weighted by atomic mass is 10.1. The molecule has 0 spiro atoms. The summed E-state index contributed by atoms with van der Waals surface area (Å²) < 4.78 is 4.91. The Morgan fingerprint density at radius 3 is 2.35 bits per heavy atom. The second-order valence-electron chi connectivity index (χ2n) is 7.06. The predicted molar refractivity (Wildman–Crippen MR) is 122 cm³/mol. The van der Waals surface area contributed by atoms with E-state index >= 15 is 0 Å². The van der Waals surface area contributed by atoms with Crippen molar-refractivity contribution >= 4 is 64.4 Å². The lowest BCUT2D eigenvalue weighted by molar-refractivity contribution is -0.152. The Bertz CT molecular complexity index is 1160. The highest BCUT2D eigenvalue weighted by atomic mass is 35.5. The smallest absolute Gasteiger partial charge is 0.311 e. The first-order chi connectivity index (χ1) is 16.2. The molecule has 1 heterocycles. The van der Waals surface area contributed by atoms with Gasteiger partial charge in [-0.1, -0.05) is 46.9 Å². The molecule has 0 bridgehead atoms. The van der Waals surface area contributed by atoms with E-state index in [-0.39, 0.29) is 34.1 Å². The number of hydrazine groups is 2. The molecule has 3 N–H and O–H groups in total. The van der Waals surface area contributed by atoms with Crippen molar-refractivity contribution in [2.24, 2.45) is 5.92 Å². The van der Waals surface area contributed by atoms with E-state index < -0.39 is 42.1 Å². The summed E-state index contributed by atoms with van der Waals surface area (Å²) in [4.78, 5) is 60.7. The Balaban J connectivity index is 1.45. The van der Waals surface area contributed by atoms with E-state index in [1.165, 1.54) is 30.3 Å². The van der Waals surface area contributed by atoms with Crippen LogP contribution in [0.4, 0.5) is 0 Å². The quantitative estimate of drug-likeness (QED) is 0.389. The minimum absolute atomic E-state index is 0.0974. The molecule has 0 aliphatic carbocycles. The minimum Gasteiger partial charge on any atom is -0.455 e. The maximum Gasteiger partial charge on any atom is 0.311 e. The molecule has 1 saturated heterocycles. The Hall–Kier alpha value is -3.34. The number of esters is 1. The van der Waals surface area contributed by atoms with Crippen LogP contribution in [-0.4, -0.2) is 47.8 Å². The summed E-state index contributed by atoms with van der Waals surface area (Å²) in [5.41, 5.74) is 6.87. The first kappa shape index (κ1) is 25.3. The molecule has 178 valence electrons. The molecule has 0 aromatic heterocycles. The first-order valence-electron chi connectivity index (χ1n) is 9.72. The van der Waals surface area contributed by atoms with Gasteiger partial charge in [-0.3, -0.25) is 45.3 Å². The maximum absolute atomic E-state index is 12.4. The number of carbonyl (C=O) groups is 5. The summed E-state index contributed by atoms with van der Waals surface area (Å²) in [6.45, 7) is -0.849. The van der Waals surface area contributed by atoms with Gasteiger partial charge in [-0.15, -0.1) is 0 Å². The van der Waals surface area contributed by atoms with Gasteiger partial charge in [0.05, 0.1) is 33.6 Å². The monoisotopic (exact) mass is 526 g/mol. The van der Waals surface area contributed by atoms with Crippen LogP contribution in [0.25, 0.3) is 0 Å². The number of nitrogens with one attached hydrogen (secondary N) is 3. The van der Waals surface area contributed by atoms with Crippen molar-refractivity contribution in [2.75, 3.05) is 13.2 Å². The molecule has 1 aliphatic heterocycles. The molecule has 0 radical (unpaired) electrons. The van der Waals surface area contributed by atoms with E-state index in [4.69, 9.17) is 39.5 Å². The van der Waals surface area contributed by atoms with Crippen molar-refractivity contribution in [1.29, 1.82) is 0 Å². The van der Waals surface area contributed by atoms with Crippen LogP contribution in [-0.2, 0) is 19.1 Å². The molecule has 34 heavy (non-hydrogen) atoms. The number of carbonyl (C=O) groups excluding carboxylic acids is 5.